The summed E-state index contributed by atoms with van der Waals surface area (Å²) in [6.07, 6.45) is 1.71. The molecule has 36 heavy (non-hydrogen) atoms. The van der Waals surface area contributed by atoms with Gasteiger partial charge in [0.25, 0.3) is 0 Å². The Morgan fingerprint density at radius 2 is 1.58 bits per heavy atom. The van der Waals surface area contributed by atoms with Gasteiger partial charge in [0.05, 0.1) is 0 Å². The molecule has 0 saturated carbocycles. The Kier molecular flexibility index (Phi) is 10.9. The zero-order chi connectivity index (χ0) is 28.1. The topological polar surface area (TPSA) is 87.7 Å². The van der Waals surface area contributed by atoms with Crippen LogP contribution in [0.25, 0.3) is 0 Å². The number of hydrogen-bond acceptors (Lipinski definition) is 5. The molecule has 3 amide bonds. The van der Waals surface area contributed by atoms with Crippen molar-refractivity contribution < 1.29 is 19.1 Å². The van der Waals surface area contributed by atoms with Crippen molar-refractivity contribution in [3.63, 3.8) is 0 Å². The maximum absolute atomic E-state index is 14.2. The van der Waals surface area contributed by atoms with Crippen LogP contribution in [0.5, 0.6) is 0 Å². The van der Waals surface area contributed by atoms with Gasteiger partial charge in [0.2, 0.25) is 11.8 Å². The summed E-state index contributed by atoms with van der Waals surface area (Å²) >= 11 is 1.59. The van der Waals surface area contributed by atoms with Crippen LogP contribution in [0.4, 0.5) is 4.79 Å². The molecule has 0 saturated heterocycles. The molecule has 0 aliphatic heterocycles. The van der Waals surface area contributed by atoms with Crippen molar-refractivity contribution in [1.82, 2.24) is 15.5 Å². The van der Waals surface area contributed by atoms with E-state index in [2.05, 4.69) is 10.6 Å². The zero-order valence-corrected chi connectivity index (χ0v) is 25.1. The van der Waals surface area contributed by atoms with Crippen LogP contribution in [0.2, 0.25) is 0 Å². The van der Waals surface area contributed by atoms with Gasteiger partial charge in [-0.05, 0) is 111 Å². The largest absolute Gasteiger partial charge is 0.444 e. The van der Waals surface area contributed by atoms with Gasteiger partial charge < -0.3 is 20.3 Å². The minimum absolute atomic E-state index is 0.264. The molecule has 0 aliphatic rings. The second-order valence-corrected chi connectivity index (χ2v) is 13.3. The molecule has 7 nitrogen and oxygen atoms in total. The van der Waals surface area contributed by atoms with E-state index in [4.69, 9.17) is 4.74 Å². The molecule has 2 atom stereocenters. The van der Waals surface area contributed by atoms with Gasteiger partial charge in [-0.1, -0.05) is 18.2 Å². The average molecular weight is 522 g/mol. The second-order valence-electron chi connectivity index (χ2n) is 12.3. The summed E-state index contributed by atoms with van der Waals surface area (Å²) in [6, 6.07) is 4.08. The maximum Gasteiger partial charge on any atom is 0.408 e. The molecular weight excluding hydrogens is 474 g/mol. The Labute approximate surface area is 222 Å². The number of hydrogen-bond donors (Lipinski definition) is 2. The van der Waals surface area contributed by atoms with Crippen LogP contribution < -0.4 is 10.6 Å². The zero-order valence-electron chi connectivity index (χ0n) is 24.3. The fraction of sp³-hybridized carbons (Fsp3) is 0.679. The highest BCUT2D eigenvalue weighted by Crippen LogP contribution is 2.33. The highest BCUT2D eigenvalue weighted by atomic mass is 32.2. The van der Waals surface area contributed by atoms with E-state index in [-0.39, 0.29) is 11.8 Å². The molecule has 8 heteroatoms. The molecule has 0 fully saturated rings. The first-order chi connectivity index (χ1) is 16.3. The van der Waals surface area contributed by atoms with Crippen LogP contribution in [-0.4, -0.2) is 57.5 Å². The Hall–Kier alpha value is -2.22. The third-order valence-electron chi connectivity index (χ3n) is 5.51. The number of aryl methyl sites for hydroxylation is 1. The smallest absolute Gasteiger partial charge is 0.408 e. The Morgan fingerprint density at radius 3 is 2.06 bits per heavy atom. The fourth-order valence-corrected chi connectivity index (χ4v) is 4.33. The molecule has 1 aromatic rings. The number of nitrogens with zero attached hydrogens (tertiary/aromatic N) is 1. The molecule has 0 aliphatic carbocycles. The van der Waals surface area contributed by atoms with E-state index in [9.17, 15) is 14.4 Å². The number of benzene rings is 1. The van der Waals surface area contributed by atoms with Crippen LogP contribution in [0.1, 0.15) is 91.5 Å². The molecule has 2 unspecified atom stereocenters. The Morgan fingerprint density at radius 1 is 1.00 bits per heavy atom. The van der Waals surface area contributed by atoms with Crippen molar-refractivity contribution in [3.8, 4) is 0 Å². The van der Waals surface area contributed by atoms with Crippen molar-refractivity contribution in [2.75, 3.05) is 12.0 Å². The van der Waals surface area contributed by atoms with Crippen molar-refractivity contribution in [2.45, 2.75) is 111 Å². The summed E-state index contributed by atoms with van der Waals surface area (Å²) in [5.74, 6) is 0.0738. The third kappa shape index (κ3) is 9.68. The van der Waals surface area contributed by atoms with E-state index in [1.807, 2.05) is 79.8 Å². The summed E-state index contributed by atoms with van der Waals surface area (Å²) in [5, 5.41) is 5.86. The summed E-state index contributed by atoms with van der Waals surface area (Å²) < 4.78 is 5.45. The van der Waals surface area contributed by atoms with Gasteiger partial charge in [0, 0.05) is 11.1 Å². The summed E-state index contributed by atoms with van der Waals surface area (Å²) in [4.78, 5) is 42.4. The Bertz CT molecular complexity index is 926. The first-order valence-corrected chi connectivity index (χ1v) is 13.9. The van der Waals surface area contributed by atoms with E-state index < -0.39 is 34.9 Å². The third-order valence-corrected chi connectivity index (χ3v) is 6.15. The predicted molar refractivity (Wildman–Crippen MR) is 149 cm³/mol. The van der Waals surface area contributed by atoms with E-state index in [1.54, 1.807) is 37.4 Å². The minimum atomic E-state index is -0.881. The number of amides is 3. The molecule has 0 radical (unpaired) electrons. The van der Waals surface area contributed by atoms with Gasteiger partial charge in [0.1, 0.15) is 17.7 Å². The van der Waals surface area contributed by atoms with Crippen molar-refractivity contribution >= 4 is 29.7 Å². The van der Waals surface area contributed by atoms with Crippen LogP contribution in [-0.2, 0) is 14.3 Å². The van der Waals surface area contributed by atoms with Gasteiger partial charge in [0.15, 0.2) is 0 Å². The number of thioether (sulfide) groups is 1. The summed E-state index contributed by atoms with van der Waals surface area (Å²) in [7, 11) is 0. The quantitative estimate of drug-likeness (QED) is 0.469. The van der Waals surface area contributed by atoms with Crippen LogP contribution in [0.15, 0.2) is 18.2 Å². The first kappa shape index (κ1) is 31.8. The lowest BCUT2D eigenvalue weighted by Gasteiger charge is -2.44. The number of carbonyl (C=O) groups is 3. The molecular formula is C28H47N3O4S. The maximum atomic E-state index is 14.2. The van der Waals surface area contributed by atoms with Crippen molar-refractivity contribution in [2.24, 2.45) is 0 Å². The Balaban J connectivity index is 3.66. The summed E-state index contributed by atoms with van der Waals surface area (Å²) in [6.45, 7) is 20.8. The number of ether oxygens (including phenoxy) is 1. The molecule has 0 aromatic heterocycles. The molecule has 204 valence electrons. The predicted octanol–water partition coefficient (Wildman–Crippen LogP) is 5.53. The molecule has 1 aromatic carbocycles. The lowest BCUT2D eigenvalue weighted by Crippen LogP contribution is -2.59. The SMILES string of the molecule is CSCCC(NC(=O)OC(C)(C)C)C(=O)N(C(C(=O)NC(C)(C)C)c1cccc(C)c1C)C(C)(C)C. The standard InChI is InChI=1S/C28H47N3O4S/c1-18-14-13-15-20(19(18)2)22(23(32)30-26(3,4)5)31(27(6,7)8)24(33)21(16-17-36-12)29-25(34)35-28(9,10)11/h13-15,21-22H,16-17H2,1-12H3,(H,29,34)(H,30,32). The molecule has 0 bridgehead atoms. The van der Waals surface area contributed by atoms with Crippen molar-refractivity contribution in [1.29, 1.82) is 0 Å². The summed E-state index contributed by atoms with van der Waals surface area (Å²) in [5.41, 5.74) is 0.838. The molecule has 0 heterocycles. The van der Waals surface area contributed by atoms with Gasteiger partial charge >= 0.3 is 6.09 Å². The highest BCUT2D eigenvalue weighted by Gasteiger charge is 2.43. The van der Waals surface area contributed by atoms with Gasteiger partial charge in [-0.25, -0.2) is 4.79 Å². The minimum Gasteiger partial charge on any atom is -0.444 e. The normalized spacial score (nSPS) is 14.0. The van der Waals surface area contributed by atoms with Gasteiger partial charge in [-0.15, -0.1) is 0 Å². The van der Waals surface area contributed by atoms with E-state index in [0.29, 0.717) is 12.2 Å². The van der Waals surface area contributed by atoms with E-state index in [0.717, 1.165) is 16.7 Å². The number of nitrogens with one attached hydrogen (secondary N) is 2. The highest BCUT2D eigenvalue weighted by molar-refractivity contribution is 7.98. The number of alkyl carbamates (subject to hydrolysis) is 1. The van der Waals surface area contributed by atoms with Crippen LogP contribution in [0, 0.1) is 13.8 Å². The molecule has 1 rings (SSSR count). The second kappa shape index (κ2) is 12.3. The first-order valence-electron chi connectivity index (χ1n) is 12.5. The lowest BCUT2D eigenvalue weighted by molar-refractivity contribution is -0.149. The van der Waals surface area contributed by atoms with Gasteiger partial charge in [-0.3, -0.25) is 9.59 Å². The van der Waals surface area contributed by atoms with E-state index >= 15 is 0 Å². The van der Waals surface area contributed by atoms with E-state index in [1.165, 1.54) is 0 Å². The average Bonchev–Trinajstić information content (AvgIpc) is 2.67. The molecule has 2 N–H and O–H groups in total. The van der Waals surface area contributed by atoms with Gasteiger partial charge in [-0.2, -0.15) is 11.8 Å². The molecule has 0 spiro atoms. The van der Waals surface area contributed by atoms with Crippen LogP contribution >= 0.6 is 11.8 Å². The number of carbonyl (C=O) groups excluding carboxylic acids is 3. The van der Waals surface area contributed by atoms with Crippen molar-refractivity contribution in [3.05, 3.63) is 34.9 Å². The monoisotopic (exact) mass is 521 g/mol. The lowest BCUT2D eigenvalue weighted by atomic mass is 9.90. The number of rotatable bonds is 8. The fourth-order valence-electron chi connectivity index (χ4n) is 3.86. The van der Waals surface area contributed by atoms with Crippen LogP contribution in [0.3, 0.4) is 0 Å².